The first-order valence-corrected chi connectivity index (χ1v) is 13.3. The van der Waals surface area contributed by atoms with Crippen molar-refractivity contribution in [1.29, 1.82) is 0 Å². The minimum atomic E-state index is -0.350. The largest absolute Gasteiger partial charge is 0.274 e. The monoisotopic (exact) mass is 513 g/mol. The first-order valence-electron chi connectivity index (χ1n) is 11.6. The van der Waals surface area contributed by atoms with Crippen molar-refractivity contribution in [3.8, 4) is 0 Å². The highest BCUT2D eigenvalue weighted by molar-refractivity contribution is 9.10. The summed E-state index contributed by atoms with van der Waals surface area (Å²) in [6.45, 7) is 1.06. The molecule has 4 aromatic carbocycles. The van der Waals surface area contributed by atoms with Gasteiger partial charge in [-0.05, 0) is 60.2 Å². The number of hydrogen-bond donors (Lipinski definition) is 0. The third kappa shape index (κ3) is 4.55. The lowest BCUT2D eigenvalue weighted by Gasteiger charge is -2.51. The predicted octanol–water partition coefficient (Wildman–Crippen LogP) is 8.35. The van der Waals surface area contributed by atoms with Crippen LogP contribution < -0.4 is 0 Å². The fourth-order valence-electron chi connectivity index (χ4n) is 5.11. The lowest BCUT2D eigenvalue weighted by atomic mass is 9.74. The Hall–Kier alpha value is -2.33. The number of rotatable bonds is 6. The van der Waals surface area contributed by atoms with E-state index in [1.165, 1.54) is 40.8 Å². The standard InChI is InChI=1S/C30H28BrNS/c31-27-19-21-28(22-20-27)33-29-18-10-11-23-32(29)30(24-12-4-1-5-13-24,25-14-6-2-7-15-25)26-16-8-3-9-17-26/h1-9,12-17,19-22,29H,10-11,18,23H2. The quantitative estimate of drug-likeness (QED) is 0.238. The van der Waals surface area contributed by atoms with Gasteiger partial charge in [0, 0.05) is 15.9 Å². The molecule has 0 radical (unpaired) electrons. The van der Waals surface area contributed by atoms with Gasteiger partial charge in [-0.2, -0.15) is 0 Å². The summed E-state index contributed by atoms with van der Waals surface area (Å²) < 4.78 is 1.12. The zero-order chi connectivity index (χ0) is 22.5. The van der Waals surface area contributed by atoms with Crippen LogP contribution in [-0.4, -0.2) is 16.8 Å². The highest BCUT2D eigenvalue weighted by Gasteiger charge is 2.46. The summed E-state index contributed by atoms with van der Waals surface area (Å²) in [5, 5.41) is 0.376. The van der Waals surface area contributed by atoms with Crippen molar-refractivity contribution in [2.45, 2.75) is 35.1 Å². The molecule has 0 aliphatic carbocycles. The molecule has 0 N–H and O–H groups in total. The third-order valence-corrected chi connectivity index (χ3v) is 8.37. The predicted molar refractivity (Wildman–Crippen MR) is 144 cm³/mol. The Morgan fingerprint density at radius 2 is 1.12 bits per heavy atom. The summed E-state index contributed by atoms with van der Waals surface area (Å²) in [5.41, 5.74) is 3.62. The molecule has 1 aliphatic heterocycles. The van der Waals surface area contributed by atoms with Crippen LogP contribution in [0.25, 0.3) is 0 Å². The van der Waals surface area contributed by atoms with Crippen LogP contribution in [0.15, 0.2) is 125 Å². The van der Waals surface area contributed by atoms with E-state index in [-0.39, 0.29) is 5.54 Å². The molecule has 33 heavy (non-hydrogen) atoms. The Balaban J connectivity index is 1.71. The van der Waals surface area contributed by atoms with E-state index < -0.39 is 0 Å². The molecule has 1 atom stereocenters. The van der Waals surface area contributed by atoms with Crippen molar-refractivity contribution >= 4 is 27.7 Å². The Morgan fingerprint density at radius 3 is 1.61 bits per heavy atom. The molecule has 1 unspecified atom stereocenters. The van der Waals surface area contributed by atoms with Gasteiger partial charge in [0.15, 0.2) is 0 Å². The van der Waals surface area contributed by atoms with Crippen LogP contribution in [0.2, 0.25) is 0 Å². The maximum atomic E-state index is 3.59. The number of thioether (sulfide) groups is 1. The summed E-state index contributed by atoms with van der Waals surface area (Å²) in [6, 6.07) is 42.0. The SMILES string of the molecule is Brc1ccc(SC2CCCCN2C(c2ccccc2)(c2ccccc2)c2ccccc2)cc1. The number of hydrogen-bond acceptors (Lipinski definition) is 2. The van der Waals surface area contributed by atoms with E-state index in [4.69, 9.17) is 0 Å². The van der Waals surface area contributed by atoms with Crippen molar-refractivity contribution in [2.24, 2.45) is 0 Å². The van der Waals surface area contributed by atoms with Gasteiger partial charge in [0.05, 0.1) is 10.9 Å². The number of benzene rings is 4. The van der Waals surface area contributed by atoms with E-state index >= 15 is 0 Å². The molecule has 166 valence electrons. The van der Waals surface area contributed by atoms with E-state index in [1.807, 2.05) is 11.8 Å². The normalized spacial score (nSPS) is 17.1. The summed E-state index contributed by atoms with van der Waals surface area (Å²) in [5.74, 6) is 0. The molecule has 1 heterocycles. The van der Waals surface area contributed by atoms with Crippen LogP contribution in [0.1, 0.15) is 36.0 Å². The van der Waals surface area contributed by atoms with Crippen LogP contribution in [0.4, 0.5) is 0 Å². The molecule has 1 fully saturated rings. The zero-order valence-corrected chi connectivity index (χ0v) is 21.0. The first kappa shape index (κ1) is 22.5. The smallest absolute Gasteiger partial charge is 0.0981 e. The summed E-state index contributed by atoms with van der Waals surface area (Å²) in [7, 11) is 0. The van der Waals surface area contributed by atoms with Gasteiger partial charge in [-0.1, -0.05) is 107 Å². The average Bonchev–Trinajstić information content (AvgIpc) is 2.89. The Labute approximate surface area is 210 Å². The maximum Gasteiger partial charge on any atom is 0.0981 e. The molecule has 5 rings (SSSR count). The van der Waals surface area contributed by atoms with E-state index in [2.05, 4.69) is 136 Å². The number of nitrogens with zero attached hydrogens (tertiary/aromatic N) is 1. The van der Waals surface area contributed by atoms with E-state index in [0.29, 0.717) is 5.37 Å². The minimum Gasteiger partial charge on any atom is -0.274 e. The van der Waals surface area contributed by atoms with Gasteiger partial charge in [0.1, 0.15) is 0 Å². The summed E-state index contributed by atoms with van der Waals surface area (Å²) in [4.78, 5) is 4.08. The average molecular weight is 515 g/mol. The second-order valence-electron chi connectivity index (χ2n) is 8.52. The van der Waals surface area contributed by atoms with Crippen LogP contribution in [0.5, 0.6) is 0 Å². The van der Waals surface area contributed by atoms with Gasteiger partial charge in [0.2, 0.25) is 0 Å². The van der Waals surface area contributed by atoms with Crippen LogP contribution >= 0.6 is 27.7 Å². The molecule has 0 bridgehead atoms. The van der Waals surface area contributed by atoms with Crippen molar-refractivity contribution in [3.05, 3.63) is 136 Å². The van der Waals surface area contributed by atoms with E-state index in [0.717, 1.165) is 11.0 Å². The van der Waals surface area contributed by atoms with Gasteiger partial charge in [0.25, 0.3) is 0 Å². The first-order chi connectivity index (χ1) is 16.3. The van der Waals surface area contributed by atoms with Crippen LogP contribution in [0.3, 0.4) is 0 Å². The molecular weight excluding hydrogens is 486 g/mol. The van der Waals surface area contributed by atoms with Crippen molar-refractivity contribution < 1.29 is 0 Å². The molecule has 3 heteroatoms. The van der Waals surface area contributed by atoms with Gasteiger partial charge in [-0.25, -0.2) is 0 Å². The second kappa shape index (κ2) is 10.3. The molecule has 1 aliphatic rings. The van der Waals surface area contributed by atoms with E-state index in [9.17, 15) is 0 Å². The summed E-state index contributed by atoms with van der Waals surface area (Å²) >= 11 is 5.58. The van der Waals surface area contributed by atoms with Gasteiger partial charge < -0.3 is 0 Å². The fraction of sp³-hybridized carbons (Fsp3) is 0.200. The van der Waals surface area contributed by atoms with E-state index in [1.54, 1.807) is 0 Å². The maximum absolute atomic E-state index is 3.59. The lowest BCUT2D eigenvalue weighted by Crippen LogP contribution is -2.54. The topological polar surface area (TPSA) is 3.24 Å². The highest BCUT2D eigenvalue weighted by atomic mass is 79.9. The minimum absolute atomic E-state index is 0.350. The van der Waals surface area contributed by atoms with Crippen molar-refractivity contribution in [2.75, 3.05) is 6.54 Å². The van der Waals surface area contributed by atoms with Crippen LogP contribution in [0, 0.1) is 0 Å². The summed E-state index contributed by atoms with van der Waals surface area (Å²) in [6.07, 6.45) is 3.65. The number of likely N-dealkylation sites (tertiary alicyclic amines) is 1. The number of halogens is 1. The lowest BCUT2D eigenvalue weighted by molar-refractivity contribution is 0.110. The molecular formula is C30H28BrNS. The van der Waals surface area contributed by atoms with Gasteiger partial charge in [-0.15, -0.1) is 11.8 Å². The molecule has 1 nitrogen and oxygen atoms in total. The zero-order valence-electron chi connectivity index (χ0n) is 18.6. The molecule has 1 saturated heterocycles. The Bertz CT molecular complexity index is 1050. The van der Waals surface area contributed by atoms with Crippen LogP contribution in [-0.2, 0) is 5.54 Å². The fourth-order valence-corrected chi connectivity index (χ4v) is 6.66. The number of piperidine rings is 1. The molecule has 0 aromatic heterocycles. The Kier molecular flexibility index (Phi) is 7.01. The van der Waals surface area contributed by atoms with Gasteiger partial charge in [-0.3, -0.25) is 4.90 Å². The highest BCUT2D eigenvalue weighted by Crippen LogP contribution is 2.48. The van der Waals surface area contributed by atoms with Crippen molar-refractivity contribution in [3.63, 3.8) is 0 Å². The second-order valence-corrected chi connectivity index (χ2v) is 10.7. The molecule has 0 spiro atoms. The molecule has 0 saturated carbocycles. The Morgan fingerprint density at radius 1 is 0.636 bits per heavy atom. The molecule has 0 amide bonds. The van der Waals surface area contributed by atoms with Gasteiger partial charge >= 0.3 is 0 Å². The molecule has 4 aromatic rings. The van der Waals surface area contributed by atoms with Crippen molar-refractivity contribution in [1.82, 2.24) is 4.90 Å². The third-order valence-electron chi connectivity index (χ3n) is 6.54.